The highest BCUT2D eigenvalue weighted by Crippen LogP contribution is 2.29. The highest BCUT2D eigenvalue weighted by molar-refractivity contribution is 7.92. The SMILES string of the molecule is NNC(=O)CN(c1ccc(Cl)cc1)S(=O)(=O)c1ccc(Cl)c(Cl)c1. The van der Waals surface area contributed by atoms with Crippen LogP contribution >= 0.6 is 34.8 Å². The largest absolute Gasteiger partial charge is 0.293 e. The third kappa shape index (κ3) is 4.12. The van der Waals surface area contributed by atoms with Crippen molar-refractivity contribution in [2.24, 2.45) is 5.84 Å². The Hall–Kier alpha value is -1.51. The fourth-order valence-corrected chi connectivity index (χ4v) is 3.80. The van der Waals surface area contributed by atoms with Crippen LogP contribution in [0.3, 0.4) is 0 Å². The number of halogens is 3. The molecular weight excluding hydrogens is 397 g/mol. The number of rotatable bonds is 5. The molecule has 0 saturated heterocycles. The Labute approximate surface area is 154 Å². The van der Waals surface area contributed by atoms with Crippen molar-refractivity contribution >= 4 is 56.4 Å². The van der Waals surface area contributed by atoms with Crippen molar-refractivity contribution < 1.29 is 13.2 Å². The maximum absolute atomic E-state index is 12.9. The molecule has 0 unspecified atom stereocenters. The molecule has 0 heterocycles. The molecule has 0 fully saturated rings. The smallest absolute Gasteiger partial charge is 0.264 e. The minimum Gasteiger partial charge on any atom is -0.293 e. The number of benzene rings is 2. The molecule has 0 bridgehead atoms. The molecule has 0 spiro atoms. The molecular formula is C14H12Cl3N3O3S. The molecule has 0 aliphatic carbocycles. The number of carbonyl (C=O) groups is 1. The Morgan fingerprint density at radius 1 is 1.04 bits per heavy atom. The van der Waals surface area contributed by atoms with Crippen molar-refractivity contribution in [3.8, 4) is 0 Å². The van der Waals surface area contributed by atoms with E-state index in [0.717, 1.165) is 4.31 Å². The summed E-state index contributed by atoms with van der Waals surface area (Å²) in [6.07, 6.45) is 0. The number of sulfonamides is 1. The topological polar surface area (TPSA) is 92.5 Å². The summed E-state index contributed by atoms with van der Waals surface area (Å²) in [6.45, 7) is -0.513. The van der Waals surface area contributed by atoms with Gasteiger partial charge in [0.2, 0.25) is 0 Å². The number of hydrazine groups is 1. The van der Waals surface area contributed by atoms with E-state index in [-0.39, 0.29) is 20.6 Å². The maximum atomic E-state index is 12.9. The van der Waals surface area contributed by atoms with E-state index in [9.17, 15) is 13.2 Å². The molecule has 0 aromatic heterocycles. The number of hydrogen-bond donors (Lipinski definition) is 2. The lowest BCUT2D eigenvalue weighted by molar-refractivity contribution is -0.119. The molecule has 0 aliphatic rings. The highest BCUT2D eigenvalue weighted by atomic mass is 35.5. The van der Waals surface area contributed by atoms with Gasteiger partial charge in [0.05, 0.1) is 20.6 Å². The second-order valence-electron chi connectivity index (χ2n) is 4.63. The van der Waals surface area contributed by atoms with Crippen LogP contribution in [0.4, 0.5) is 5.69 Å². The van der Waals surface area contributed by atoms with Crippen LogP contribution in [0.25, 0.3) is 0 Å². The first-order valence-corrected chi connectivity index (χ1v) is 9.06. The summed E-state index contributed by atoms with van der Waals surface area (Å²) in [7, 11) is -4.08. The zero-order chi connectivity index (χ0) is 17.9. The van der Waals surface area contributed by atoms with Crippen molar-refractivity contribution in [3.05, 3.63) is 57.5 Å². The number of anilines is 1. The molecule has 10 heteroatoms. The Morgan fingerprint density at radius 2 is 1.67 bits per heavy atom. The molecule has 0 atom stereocenters. The number of amides is 1. The van der Waals surface area contributed by atoms with Crippen LogP contribution in [0.5, 0.6) is 0 Å². The number of nitrogens with zero attached hydrogens (tertiary/aromatic N) is 1. The van der Waals surface area contributed by atoms with E-state index in [1.165, 1.54) is 42.5 Å². The van der Waals surface area contributed by atoms with E-state index in [1.807, 2.05) is 5.43 Å². The van der Waals surface area contributed by atoms with Crippen molar-refractivity contribution in [2.75, 3.05) is 10.8 Å². The average Bonchev–Trinajstić information content (AvgIpc) is 2.55. The van der Waals surface area contributed by atoms with E-state index in [4.69, 9.17) is 40.6 Å². The average molecular weight is 409 g/mol. The van der Waals surface area contributed by atoms with Gasteiger partial charge in [0.25, 0.3) is 15.9 Å². The van der Waals surface area contributed by atoms with Gasteiger partial charge in [-0.3, -0.25) is 14.5 Å². The van der Waals surface area contributed by atoms with Gasteiger partial charge >= 0.3 is 0 Å². The quantitative estimate of drug-likeness (QED) is 0.452. The summed E-state index contributed by atoms with van der Waals surface area (Å²) in [5.74, 6) is 4.38. The van der Waals surface area contributed by atoms with Crippen molar-refractivity contribution in [1.29, 1.82) is 0 Å². The lowest BCUT2D eigenvalue weighted by Crippen LogP contribution is -2.43. The summed E-state index contributed by atoms with van der Waals surface area (Å²) in [4.78, 5) is 11.5. The zero-order valence-corrected chi connectivity index (χ0v) is 15.1. The van der Waals surface area contributed by atoms with Crippen LogP contribution in [-0.2, 0) is 14.8 Å². The first kappa shape index (κ1) is 18.8. The van der Waals surface area contributed by atoms with Gasteiger partial charge in [-0.25, -0.2) is 14.3 Å². The Kier molecular flexibility index (Phi) is 5.95. The van der Waals surface area contributed by atoms with Gasteiger partial charge in [-0.1, -0.05) is 34.8 Å². The van der Waals surface area contributed by atoms with Gasteiger partial charge in [-0.15, -0.1) is 0 Å². The number of hydrogen-bond acceptors (Lipinski definition) is 4. The molecule has 128 valence electrons. The summed E-state index contributed by atoms with van der Waals surface area (Å²) in [5.41, 5.74) is 2.15. The number of nitrogens with two attached hydrogens (primary N) is 1. The van der Waals surface area contributed by atoms with E-state index in [0.29, 0.717) is 5.02 Å². The molecule has 24 heavy (non-hydrogen) atoms. The molecule has 2 aromatic carbocycles. The Bertz CT molecular complexity index is 857. The van der Waals surface area contributed by atoms with Gasteiger partial charge in [0, 0.05) is 5.02 Å². The zero-order valence-electron chi connectivity index (χ0n) is 12.0. The van der Waals surface area contributed by atoms with Crippen LogP contribution < -0.4 is 15.6 Å². The predicted molar refractivity (Wildman–Crippen MR) is 94.8 cm³/mol. The second-order valence-corrected chi connectivity index (χ2v) is 7.74. The minimum atomic E-state index is -4.08. The second kappa shape index (κ2) is 7.58. The minimum absolute atomic E-state index is 0.0806. The summed E-state index contributed by atoms with van der Waals surface area (Å²) in [6, 6.07) is 9.83. The Balaban J connectivity index is 2.53. The standard InChI is InChI=1S/C14H12Cl3N3O3S/c15-9-1-3-10(4-2-9)20(8-14(21)19-18)24(22,23)11-5-6-12(16)13(17)7-11/h1-7H,8,18H2,(H,19,21). The van der Waals surface area contributed by atoms with Crippen molar-refractivity contribution in [2.45, 2.75) is 4.90 Å². The molecule has 1 amide bonds. The highest BCUT2D eigenvalue weighted by Gasteiger charge is 2.27. The fourth-order valence-electron chi connectivity index (χ4n) is 1.86. The summed E-state index contributed by atoms with van der Waals surface area (Å²) >= 11 is 17.5. The molecule has 3 N–H and O–H groups in total. The monoisotopic (exact) mass is 407 g/mol. The first-order chi connectivity index (χ1) is 11.3. The van der Waals surface area contributed by atoms with Gasteiger partial charge in [0.15, 0.2) is 0 Å². The summed E-state index contributed by atoms with van der Waals surface area (Å²) in [5, 5.41) is 0.722. The van der Waals surface area contributed by atoms with Gasteiger partial charge < -0.3 is 0 Å². The van der Waals surface area contributed by atoms with E-state index < -0.39 is 22.5 Å². The number of nitrogens with one attached hydrogen (secondary N) is 1. The lowest BCUT2D eigenvalue weighted by atomic mass is 10.3. The van der Waals surface area contributed by atoms with E-state index in [1.54, 1.807) is 0 Å². The molecule has 0 radical (unpaired) electrons. The third-order valence-electron chi connectivity index (χ3n) is 3.04. The van der Waals surface area contributed by atoms with Gasteiger partial charge in [-0.2, -0.15) is 0 Å². The lowest BCUT2D eigenvalue weighted by Gasteiger charge is -2.24. The molecule has 2 rings (SSSR count). The van der Waals surface area contributed by atoms with E-state index >= 15 is 0 Å². The van der Waals surface area contributed by atoms with Crippen LogP contribution in [0, 0.1) is 0 Å². The molecule has 0 aliphatic heterocycles. The maximum Gasteiger partial charge on any atom is 0.264 e. The van der Waals surface area contributed by atoms with E-state index in [2.05, 4.69) is 0 Å². The number of carbonyl (C=O) groups excluding carboxylic acids is 1. The molecule has 2 aromatic rings. The van der Waals surface area contributed by atoms with Crippen molar-refractivity contribution in [1.82, 2.24) is 5.43 Å². The van der Waals surface area contributed by atoms with Crippen LogP contribution in [0.1, 0.15) is 0 Å². The summed E-state index contributed by atoms with van der Waals surface area (Å²) < 4.78 is 26.7. The Morgan fingerprint density at radius 3 is 2.21 bits per heavy atom. The third-order valence-corrected chi connectivity index (χ3v) is 5.80. The molecule has 0 saturated carbocycles. The van der Waals surface area contributed by atoms with Gasteiger partial charge in [-0.05, 0) is 42.5 Å². The normalized spacial score (nSPS) is 11.2. The first-order valence-electron chi connectivity index (χ1n) is 6.48. The van der Waals surface area contributed by atoms with Crippen LogP contribution in [-0.4, -0.2) is 20.9 Å². The molecule has 6 nitrogen and oxygen atoms in total. The van der Waals surface area contributed by atoms with Crippen molar-refractivity contribution in [3.63, 3.8) is 0 Å². The predicted octanol–water partition coefficient (Wildman–Crippen LogP) is 2.83. The fraction of sp³-hybridized carbons (Fsp3) is 0.0714. The van der Waals surface area contributed by atoms with Crippen LogP contribution in [0.2, 0.25) is 15.1 Å². The van der Waals surface area contributed by atoms with Crippen LogP contribution in [0.15, 0.2) is 47.4 Å². The van der Waals surface area contributed by atoms with Gasteiger partial charge in [0.1, 0.15) is 6.54 Å².